The lowest BCUT2D eigenvalue weighted by Crippen LogP contribution is -2.47. The Labute approximate surface area is 94.4 Å². The van der Waals surface area contributed by atoms with E-state index in [1.807, 2.05) is 0 Å². The number of nitrogens with one attached hydrogen (secondary N) is 1. The molecule has 2 aliphatic heterocycles. The molecular weight excluding hydrogens is 184 g/mol. The molecule has 2 nitrogen and oxygen atoms in total. The van der Waals surface area contributed by atoms with Crippen molar-refractivity contribution in [2.24, 2.45) is 0 Å². The fourth-order valence-electron chi connectivity index (χ4n) is 3.34. The topological polar surface area (TPSA) is 15.3 Å². The van der Waals surface area contributed by atoms with Crippen molar-refractivity contribution in [1.29, 1.82) is 0 Å². The van der Waals surface area contributed by atoms with Crippen LogP contribution in [0.3, 0.4) is 0 Å². The minimum Gasteiger partial charge on any atom is -0.311 e. The minimum atomic E-state index is 0.482. The van der Waals surface area contributed by atoms with Crippen molar-refractivity contribution in [1.82, 2.24) is 10.2 Å². The van der Waals surface area contributed by atoms with Gasteiger partial charge >= 0.3 is 0 Å². The van der Waals surface area contributed by atoms with Crippen molar-refractivity contribution in [2.75, 3.05) is 20.1 Å². The number of hydrogen-bond acceptors (Lipinski definition) is 2. The second kappa shape index (κ2) is 4.84. The van der Waals surface area contributed by atoms with Gasteiger partial charge in [-0.25, -0.2) is 0 Å². The first-order valence-corrected chi connectivity index (χ1v) is 6.71. The molecule has 2 heteroatoms. The summed E-state index contributed by atoms with van der Waals surface area (Å²) < 4.78 is 0. The van der Waals surface area contributed by atoms with E-state index in [0.29, 0.717) is 5.54 Å². The van der Waals surface area contributed by atoms with Crippen molar-refractivity contribution >= 4 is 0 Å². The molecule has 0 spiro atoms. The van der Waals surface area contributed by atoms with E-state index in [4.69, 9.17) is 0 Å². The standard InChI is InChI=1S/C13H26N2/c1-3-13(8-6-9-14-13)11-12-7-4-5-10-15(12)2/h12,14H,3-11H2,1-2H3. The largest absolute Gasteiger partial charge is 0.311 e. The SMILES string of the molecule is CCC1(CC2CCCCN2C)CCCN1. The fraction of sp³-hybridized carbons (Fsp3) is 1.00. The summed E-state index contributed by atoms with van der Waals surface area (Å²) in [6, 6.07) is 0.837. The summed E-state index contributed by atoms with van der Waals surface area (Å²) >= 11 is 0. The number of piperidine rings is 1. The van der Waals surface area contributed by atoms with Crippen LogP contribution in [0.25, 0.3) is 0 Å². The molecule has 15 heavy (non-hydrogen) atoms. The molecule has 2 saturated heterocycles. The molecule has 0 aromatic heterocycles. The molecule has 2 aliphatic rings. The van der Waals surface area contributed by atoms with Gasteiger partial charge in [-0.1, -0.05) is 13.3 Å². The Bertz CT molecular complexity index is 197. The summed E-state index contributed by atoms with van der Waals surface area (Å²) in [4.78, 5) is 2.58. The first-order chi connectivity index (χ1) is 7.26. The van der Waals surface area contributed by atoms with Crippen LogP contribution in [-0.2, 0) is 0 Å². The normalized spacial score (nSPS) is 38.4. The van der Waals surface area contributed by atoms with Crippen LogP contribution in [0.1, 0.15) is 51.9 Å². The third kappa shape index (κ3) is 2.54. The van der Waals surface area contributed by atoms with E-state index >= 15 is 0 Å². The third-order valence-corrected chi connectivity index (χ3v) is 4.56. The van der Waals surface area contributed by atoms with Gasteiger partial charge in [0.25, 0.3) is 0 Å². The summed E-state index contributed by atoms with van der Waals surface area (Å²) in [5.74, 6) is 0. The lowest BCUT2D eigenvalue weighted by Gasteiger charge is -2.39. The molecule has 2 heterocycles. The van der Waals surface area contributed by atoms with Crippen molar-refractivity contribution in [2.45, 2.75) is 63.5 Å². The Morgan fingerprint density at radius 1 is 1.33 bits per heavy atom. The second-order valence-corrected chi connectivity index (χ2v) is 5.50. The highest BCUT2D eigenvalue weighted by molar-refractivity contribution is 4.95. The van der Waals surface area contributed by atoms with E-state index in [1.54, 1.807) is 0 Å². The van der Waals surface area contributed by atoms with Gasteiger partial charge in [0.05, 0.1) is 0 Å². The molecule has 0 amide bonds. The lowest BCUT2D eigenvalue weighted by atomic mass is 9.84. The average molecular weight is 210 g/mol. The maximum Gasteiger partial charge on any atom is 0.0194 e. The highest BCUT2D eigenvalue weighted by Gasteiger charge is 2.35. The Hall–Kier alpha value is -0.0800. The maximum atomic E-state index is 3.76. The highest BCUT2D eigenvalue weighted by Crippen LogP contribution is 2.31. The van der Waals surface area contributed by atoms with Crippen molar-refractivity contribution in [3.05, 3.63) is 0 Å². The van der Waals surface area contributed by atoms with E-state index in [9.17, 15) is 0 Å². The Morgan fingerprint density at radius 3 is 2.80 bits per heavy atom. The summed E-state index contributed by atoms with van der Waals surface area (Å²) in [5, 5.41) is 3.76. The predicted molar refractivity (Wildman–Crippen MR) is 65.1 cm³/mol. The molecule has 0 aromatic rings. The Kier molecular flexibility index (Phi) is 3.68. The van der Waals surface area contributed by atoms with Crippen LogP contribution < -0.4 is 5.32 Å². The zero-order chi connectivity index (χ0) is 10.7. The van der Waals surface area contributed by atoms with Crippen LogP contribution in [0.5, 0.6) is 0 Å². The highest BCUT2D eigenvalue weighted by atomic mass is 15.1. The van der Waals surface area contributed by atoms with Gasteiger partial charge in [-0.15, -0.1) is 0 Å². The number of likely N-dealkylation sites (tertiary alicyclic amines) is 1. The molecule has 2 rings (SSSR count). The zero-order valence-electron chi connectivity index (χ0n) is 10.4. The van der Waals surface area contributed by atoms with Gasteiger partial charge in [-0.2, -0.15) is 0 Å². The Balaban J connectivity index is 1.93. The van der Waals surface area contributed by atoms with Gasteiger partial charge in [0, 0.05) is 11.6 Å². The van der Waals surface area contributed by atoms with Crippen molar-refractivity contribution in [3.63, 3.8) is 0 Å². The molecule has 0 saturated carbocycles. The first kappa shape index (κ1) is 11.4. The summed E-state index contributed by atoms with van der Waals surface area (Å²) in [5.41, 5.74) is 0.482. The van der Waals surface area contributed by atoms with Gasteiger partial charge in [0.15, 0.2) is 0 Å². The molecule has 2 unspecified atom stereocenters. The lowest BCUT2D eigenvalue weighted by molar-refractivity contribution is 0.138. The van der Waals surface area contributed by atoms with E-state index < -0.39 is 0 Å². The van der Waals surface area contributed by atoms with Crippen LogP contribution in [-0.4, -0.2) is 36.6 Å². The van der Waals surface area contributed by atoms with Gasteiger partial charge in [0.1, 0.15) is 0 Å². The number of nitrogens with zero attached hydrogens (tertiary/aromatic N) is 1. The molecule has 88 valence electrons. The fourth-order valence-corrected chi connectivity index (χ4v) is 3.34. The third-order valence-electron chi connectivity index (χ3n) is 4.56. The molecule has 0 bridgehead atoms. The molecule has 0 radical (unpaired) electrons. The van der Waals surface area contributed by atoms with Gasteiger partial charge in [0.2, 0.25) is 0 Å². The summed E-state index contributed by atoms with van der Waals surface area (Å²) in [6.45, 7) is 4.90. The van der Waals surface area contributed by atoms with Crippen LogP contribution in [0, 0.1) is 0 Å². The number of rotatable bonds is 3. The van der Waals surface area contributed by atoms with Crippen LogP contribution in [0.15, 0.2) is 0 Å². The summed E-state index contributed by atoms with van der Waals surface area (Å²) in [7, 11) is 2.31. The zero-order valence-corrected chi connectivity index (χ0v) is 10.4. The smallest absolute Gasteiger partial charge is 0.0194 e. The van der Waals surface area contributed by atoms with Crippen LogP contribution in [0.4, 0.5) is 0 Å². The maximum absolute atomic E-state index is 3.76. The molecule has 1 N–H and O–H groups in total. The van der Waals surface area contributed by atoms with E-state index in [2.05, 4.69) is 24.2 Å². The molecule has 0 aliphatic carbocycles. The second-order valence-electron chi connectivity index (χ2n) is 5.50. The van der Waals surface area contributed by atoms with E-state index in [0.717, 1.165) is 6.04 Å². The molecule has 0 aromatic carbocycles. The minimum absolute atomic E-state index is 0.482. The monoisotopic (exact) mass is 210 g/mol. The molecule has 2 atom stereocenters. The summed E-state index contributed by atoms with van der Waals surface area (Å²) in [6.07, 6.45) is 9.71. The van der Waals surface area contributed by atoms with Crippen molar-refractivity contribution in [3.8, 4) is 0 Å². The van der Waals surface area contributed by atoms with Gasteiger partial charge in [-0.3, -0.25) is 0 Å². The molecule has 2 fully saturated rings. The average Bonchev–Trinajstić information content (AvgIpc) is 2.71. The number of hydrogen-bond donors (Lipinski definition) is 1. The van der Waals surface area contributed by atoms with Crippen LogP contribution in [0.2, 0.25) is 0 Å². The predicted octanol–water partition coefficient (Wildman–Crippen LogP) is 2.39. The van der Waals surface area contributed by atoms with Crippen molar-refractivity contribution < 1.29 is 0 Å². The Morgan fingerprint density at radius 2 is 2.20 bits per heavy atom. The quantitative estimate of drug-likeness (QED) is 0.769. The van der Waals surface area contributed by atoms with Crippen LogP contribution >= 0.6 is 0 Å². The van der Waals surface area contributed by atoms with E-state index in [1.165, 1.54) is 58.0 Å². The van der Waals surface area contributed by atoms with E-state index in [-0.39, 0.29) is 0 Å². The van der Waals surface area contributed by atoms with Gasteiger partial charge in [-0.05, 0) is 58.7 Å². The first-order valence-electron chi connectivity index (χ1n) is 6.71. The molecular formula is C13H26N2. The van der Waals surface area contributed by atoms with Gasteiger partial charge < -0.3 is 10.2 Å².